The van der Waals surface area contributed by atoms with Gasteiger partial charge in [-0.2, -0.15) is 5.10 Å². The van der Waals surface area contributed by atoms with Gasteiger partial charge in [-0.3, -0.25) is 14.5 Å². The smallest absolute Gasteiger partial charge is 0.410 e. The van der Waals surface area contributed by atoms with Gasteiger partial charge in [0.25, 0.3) is 0 Å². The number of amides is 2. The highest BCUT2D eigenvalue weighted by molar-refractivity contribution is 7.71. The number of nitrogens with zero attached hydrogens (tertiary/aromatic N) is 3. The summed E-state index contributed by atoms with van der Waals surface area (Å²) < 4.78 is 7.36. The molecule has 0 aliphatic carbocycles. The minimum Gasteiger partial charge on any atom is -0.444 e. The number of H-pyrrole nitrogens is 1. The van der Waals surface area contributed by atoms with Crippen molar-refractivity contribution in [3.63, 3.8) is 0 Å². The molecular formula is C15H27N5O3S. The molecule has 0 aromatic carbocycles. The first-order valence-corrected chi connectivity index (χ1v) is 8.39. The lowest BCUT2D eigenvalue weighted by Gasteiger charge is -2.24. The average Bonchev–Trinajstić information content (AvgIpc) is 2.78. The Bertz CT molecular complexity index is 617. The van der Waals surface area contributed by atoms with Crippen LogP contribution in [0, 0.1) is 4.77 Å². The molecule has 136 valence electrons. The van der Waals surface area contributed by atoms with Crippen LogP contribution >= 0.6 is 12.2 Å². The fourth-order valence-electron chi connectivity index (χ4n) is 1.92. The summed E-state index contributed by atoms with van der Waals surface area (Å²) in [6.07, 6.45) is 1.25. The first kappa shape index (κ1) is 20.1. The van der Waals surface area contributed by atoms with E-state index < -0.39 is 11.7 Å². The van der Waals surface area contributed by atoms with Crippen LogP contribution in [0.4, 0.5) is 4.79 Å². The van der Waals surface area contributed by atoms with E-state index in [1.165, 1.54) is 4.90 Å². The molecule has 0 aliphatic rings. The number of aromatic amines is 1. The van der Waals surface area contributed by atoms with Crippen LogP contribution in [-0.4, -0.2) is 57.4 Å². The zero-order valence-electron chi connectivity index (χ0n) is 15.0. The maximum atomic E-state index is 12.0. The maximum Gasteiger partial charge on any atom is 0.410 e. The number of rotatable bonds is 7. The van der Waals surface area contributed by atoms with Gasteiger partial charge in [0.1, 0.15) is 18.0 Å². The van der Waals surface area contributed by atoms with Crippen molar-refractivity contribution in [1.82, 2.24) is 25.0 Å². The highest BCUT2D eigenvalue weighted by atomic mass is 32.1. The zero-order chi connectivity index (χ0) is 18.3. The van der Waals surface area contributed by atoms with Crippen molar-refractivity contribution in [2.45, 2.75) is 52.7 Å². The molecule has 0 saturated carbocycles. The average molecular weight is 357 g/mol. The van der Waals surface area contributed by atoms with E-state index in [0.29, 0.717) is 17.9 Å². The summed E-state index contributed by atoms with van der Waals surface area (Å²) in [6.45, 7) is 8.27. The maximum absolute atomic E-state index is 12.0. The van der Waals surface area contributed by atoms with Gasteiger partial charge in [-0.05, 0) is 39.4 Å². The van der Waals surface area contributed by atoms with Gasteiger partial charge in [0.2, 0.25) is 5.91 Å². The molecule has 0 saturated heterocycles. The van der Waals surface area contributed by atoms with Gasteiger partial charge in [0, 0.05) is 26.6 Å². The molecule has 0 radical (unpaired) electrons. The van der Waals surface area contributed by atoms with Crippen LogP contribution in [0.25, 0.3) is 0 Å². The summed E-state index contributed by atoms with van der Waals surface area (Å²) in [4.78, 5) is 25.3. The van der Waals surface area contributed by atoms with Gasteiger partial charge in [0.15, 0.2) is 4.77 Å². The number of hydrogen-bond acceptors (Lipinski definition) is 5. The summed E-state index contributed by atoms with van der Waals surface area (Å²) in [7, 11) is 1.63. The SMILES string of the molecule is CCCc1n[nH]c(=S)n1CC(=O)NCCN(C)C(=O)OC(C)(C)C. The van der Waals surface area contributed by atoms with Crippen molar-refractivity contribution in [2.24, 2.45) is 0 Å². The lowest BCUT2D eigenvalue weighted by Crippen LogP contribution is -2.40. The number of ether oxygens (including phenoxy) is 1. The van der Waals surface area contributed by atoms with Crippen LogP contribution in [0.1, 0.15) is 39.9 Å². The van der Waals surface area contributed by atoms with Crippen molar-refractivity contribution in [1.29, 1.82) is 0 Å². The third-order valence-corrected chi connectivity index (χ3v) is 3.40. The van der Waals surface area contributed by atoms with E-state index in [1.807, 2.05) is 27.7 Å². The molecule has 0 aliphatic heterocycles. The van der Waals surface area contributed by atoms with Gasteiger partial charge in [-0.25, -0.2) is 4.79 Å². The molecule has 0 spiro atoms. The Morgan fingerprint density at radius 2 is 2.08 bits per heavy atom. The number of nitrogens with one attached hydrogen (secondary N) is 2. The van der Waals surface area contributed by atoms with Crippen LogP contribution in [0.2, 0.25) is 0 Å². The van der Waals surface area contributed by atoms with Crippen LogP contribution in [0.5, 0.6) is 0 Å². The standard InChI is InChI=1S/C15H27N5O3S/c1-6-7-11-17-18-13(24)20(11)10-12(21)16-8-9-19(5)14(22)23-15(2,3)4/h6-10H2,1-5H3,(H,16,21)(H,18,24). The van der Waals surface area contributed by atoms with E-state index in [2.05, 4.69) is 15.5 Å². The summed E-state index contributed by atoms with van der Waals surface area (Å²) in [5.41, 5.74) is -0.540. The molecule has 2 N–H and O–H groups in total. The van der Waals surface area contributed by atoms with E-state index in [9.17, 15) is 9.59 Å². The predicted molar refractivity (Wildman–Crippen MR) is 93.3 cm³/mol. The number of aromatic nitrogens is 3. The molecule has 1 heterocycles. The lowest BCUT2D eigenvalue weighted by molar-refractivity contribution is -0.121. The molecule has 1 aromatic heterocycles. The van der Waals surface area contributed by atoms with Crippen molar-refractivity contribution < 1.29 is 14.3 Å². The van der Waals surface area contributed by atoms with E-state index in [1.54, 1.807) is 11.6 Å². The first-order chi connectivity index (χ1) is 11.1. The number of hydrogen-bond donors (Lipinski definition) is 2. The molecule has 2 amide bonds. The summed E-state index contributed by atoms with van der Waals surface area (Å²) in [5, 5.41) is 9.59. The van der Waals surface area contributed by atoms with Gasteiger partial charge in [-0.15, -0.1) is 0 Å². The number of likely N-dealkylation sites (N-methyl/N-ethyl adjacent to an activating group) is 1. The predicted octanol–water partition coefficient (Wildman–Crippen LogP) is 1.88. The summed E-state index contributed by atoms with van der Waals surface area (Å²) in [5.74, 6) is 0.589. The number of carbonyl (C=O) groups excluding carboxylic acids is 2. The van der Waals surface area contributed by atoms with E-state index in [4.69, 9.17) is 17.0 Å². The molecule has 9 heteroatoms. The minimum absolute atomic E-state index is 0.112. The lowest BCUT2D eigenvalue weighted by atomic mass is 10.2. The summed E-state index contributed by atoms with van der Waals surface area (Å²) in [6, 6.07) is 0. The van der Waals surface area contributed by atoms with Crippen molar-refractivity contribution in [3.05, 3.63) is 10.6 Å². The molecule has 0 atom stereocenters. The van der Waals surface area contributed by atoms with Crippen LogP contribution < -0.4 is 5.32 Å². The van der Waals surface area contributed by atoms with E-state index in [-0.39, 0.29) is 12.5 Å². The van der Waals surface area contributed by atoms with Crippen molar-refractivity contribution in [3.8, 4) is 0 Å². The number of carbonyl (C=O) groups is 2. The molecular weight excluding hydrogens is 330 g/mol. The molecule has 0 unspecified atom stereocenters. The van der Waals surface area contributed by atoms with Crippen LogP contribution in [0.3, 0.4) is 0 Å². The monoisotopic (exact) mass is 357 g/mol. The minimum atomic E-state index is -0.540. The molecule has 0 fully saturated rings. The second-order valence-electron chi connectivity index (χ2n) is 6.53. The molecule has 24 heavy (non-hydrogen) atoms. The van der Waals surface area contributed by atoms with Gasteiger partial charge in [-0.1, -0.05) is 6.92 Å². The van der Waals surface area contributed by atoms with Gasteiger partial charge in [0.05, 0.1) is 0 Å². The zero-order valence-corrected chi connectivity index (χ0v) is 15.8. The van der Waals surface area contributed by atoms with Crippen LogP contribution in [0.15, 0.2) is 0 Å². The first-order valence-electron chi connectivity index (χ1n) is 7.99. The Hall–Kier alpha value is -1.90. The van der Waals surface area contributed by atoms with Crippen LogP contribution in [-0.2, 0) is 22.5 Å². The van der Waals surface area contributed by atoms with E-state index >= 15 is 0 Å². The Morgan fingerprint density at radius 3 is 2.67 bits per heavy atom. The van der Waals surface area contributed by atoms with Crippen molar-refractivity contribution in [2.75, 3.05) is 20.1 Å². The highest BCUT2D eigenvalue weighted by Crippen LogP contribution is 2.08. The number of aryl methyl sites for hydroxylation is 1. The molecule has 1 rings (SSSR count). The molecule has 8 nitrogen and oxygen atoms in total. The normalized spacial score (nSPS) is 11.2. The third kappa shape index (κ3) is 6.69. The fraction of sp³-hybridized carbons (Fsp3) is 0.733. The van der Waals surface area contributed by atoms with Gasteiger partial charge >= 0.3 is 6.09 Å². The van der Waals surface area contributed by atoms with Crippen molar-refractivity contribution >= 4 is 24.2 Å². The summed E-state index contributed by atoms with van der Waals surface area (Å²) >= 11 is 5.14. The van der Waals surface area contributed by atoms with Gasteiger partial charge < -0.3 is 15.0 Å². The molecule has 1 aromatic rings. The Kier molecular flexibility index (Phi) is 7.40. The quantitative estimate of drug-likeness (QED) is 0.727. The topological polar surface area (TPSA) is 92.3 Å². The third-order valence-electron chi connectivity index (χ3n) is 3.09. The fourth-order valence-corrected chi connectivity index (χ4v) is 2.14. The highest BCUT2D eigenvalue weighted by Gasteiger charge is 2.19. The largest absolute Gasteiger partial charge is 0.444 e. The molecule has 0 bridgehead atoms. The second kappa shape index (κ2) is 8.81. The second-order valence-corrected chi connectivity index (χ2v) is 6.92. The Morgan fingerprint density at radius 1 is 1.42 bits per heavy atom. The van der Waals surface area contributed by atoms with E-state index in [0.717, 1.165) is 18.7 Å². The Labute approximate surface area is 147 Å². The Balaban J connectivity index is 2.43.